The van der Waals surface area contributed by atoms with Crippen LogP contribution in [0.15, 0.2) is 12.4 Å². The number of carbonyl (C=O) groups excluding carboxylic acids is 1. The molecule has 0 bridgehead atoms. The monoisotopic (exact) mass is 323 g/mol. The Bertz CT molecular complexity index is 636. The summed E-state index contributed by atoms with van der Waals surface area (Å²) in [5.74, 6) is -0.736. The molecule has 22 heavy (non-hydrogen) atoms. The molecule has 1 saturated heterocycles. The molecule has 7 heteroatoms. The minimum atomic E-state index is -0.786. The van der Waals surface area contributed by atoms with Crippen LogP contribution in [-0.4, -0.2) is 40.1 Å². The van der Waals surface area contributed by atoms with Gasteiger partial charge in [-0.3, -0.25) is 9.78 Å². The Labute approximate surface area is 133 Å². The zero-order valence-corrected chi connectivity index (χ0v) is 13.1. The number of carbonyl (C=O) groups is 2. The van der Waals surface area contributed by atoms with Gasteiger partial charge in [-0.2, -0.15) is 0 Å². The molecule has 2 fully saturated rings. The number of carboxylic acid groups (broad SMARTS) is 1. The smallest absolute Gasteiger partial charge is 0.321 e. The first-order valence-electron chi connectivity index (χ1n) is 7.33. The van der Waals surface area contributed by atoms with Gasteiger partial charge in [0.1, 0.15) is 0 Å². The van der Waals surface area contributed by atoms with Gasteiger partial charge in [-0.25, -0.2) is 4.79 Å². The lowest BCUT2D eigenvalue weighted by atomic mass is 9.81. The Balaban J connectivity index is 1.75. The second kappa shape index (κ2) is 5.43. The van der Waals surface area contributed by atoms with Gasteiger partial charge in [0.05, 0.1) is 22.3 Å². The summed E-state index contributed by atoms with van der Waals surface area (Å²) >= 11 is 5.99. The van der Waals surface area contributed by atoms with Crippen molar-refractivity contribution >= 4 is 29.3 Å². The van der Waals surface area contributed by atoms with Crippen molar-refractivity contribution in [2.45, 2.75) is 26.2 Å². The maximum absolute atomic E-state index is 12.4. The normalized spacial score (nSPS) is 26.8. The van der Waals surface area contributed by atoms with E-state index >= 15 is 0 Å². The number of fused-ring (bicyclic) bond motifs is 1. The summed E-state index contributed by atoms with van der Waals surface area (Å²) in [6.07, 6.45) is 5.50. The Kier molecular flexibility index (Phi) is 3.72. The number of nitrogens with one attached hydrogen (secondary N) is 1. The molecule has 1 aromatic rings. The molecule has 2 heterocycles. The quantitative estimate of drug-likeness (QED) is 0.876. The largest absolute Gasteiger partial charge is 0.481 e. The summed E-state index contributed by atoms with van der Waals surface area (Å²) in [7, 11) is 0. The van der Waals surface area contributed by atoms with Crippen LogP contribution in [0.2, 0.25) is 5.02 Å². The average molecular weight is 324 g/mol. The van der Waals surface area contributed by atoms with E-state index in [1.807, 2.05) is 0 Å². The summed E-state index contributed by atoms with van der Waals surface area (Å²) in [5.41, 5.74) is 0.537. The van der Waals surface area contributed by atoms with Crippen LogP contribution in [0.1, 0.15) is 24.8 Å². The predicted molar refractivity (Wildman–Crippen MR) is 82.0 cm³/mol. The van der Waals surface area contributed by atoms with Crippen molar-refractivity contribution in [2.75, 3.05) is 18.4 Å². The molecule has 0 radical (unpaired) electrons. The van der Waals surface area contributed by atoms with Crippen molar-refractivity contribution in [1.29, 1.82) is 0 Å². The molecule has 2 aliphatic rings. The number of likely N-dealkylation sites (tertiary alicyclic amines) is 1. The van der Waals surface area contributed by atoms with Gasteiger partial charge in [0.25, 0.3) is 0 Å². The summed E-state index contributed by atoms with van der Waals surface area (Å²) in [4.78, 5) is 29.6. The maximum atomic E-state index is 12.4. The fourth-order valence-electron chi connectivity index (χ4n) is 3.61. The van der Waals surface area contributed by atoms with E-state index in [-0.39, 0.29) is 18.5 Å². The van der Waals surface area contributed by atoms with Gasteiger partial charge < -0.3 is 15.3 Å². The summed E-state index contributed by atoms with van der Waals surface area (Å²) in [6.45, 7) is 2.56. The molecule has 1 saturated carbocycles. The van der Waals surface area contributed by atoms with Crippen LogP contribution in [0.25, 0.3) is 0 Å². The van der Waals surface area contributed by atoms with Crippen LogP contribution in [0.4, 0.5) is 10.5 Å². The maximum Gasteiger partial charge on any atom is 0.321 e. The number of anilines is 1. The third-order valence-electron chi connectivity index (χ3n) is 4.98. The third kappa shape index (κ3) is 2.31. The molecule has 6 nitrogen and oxygen atoms in total. The minimum absolute atomic E-state index is 0.0503. The standard InChI is InChI=1S/C15H18ClN3O3/c1-9-11(16)5-17-6-12(9)18-14(22)19-7-10-3-2-4-15(10,8-19)13(20)21/h5-6,10H,2-4,7-8H2,1H3,(H,18,22)(H,20,21)/t10-,15+/m0/s1. The molecular formula is C15H18ClN3O3. The second-order valence-corrected chi connectivity index (χ2v) is 6.56. The molecule has 2 amide bonds. The number of amides is 2. The van der Waals surface area contributed by atoms with E-state index in [1.54, 1.807) is 18.0 Å². The number of aliphatic carboxylic acids is 1. The van der Waals surface area contributed by atoms with E-state index in [4.69, 9.17) is 11.6 Å². The van der Waals surface area contributed by atoms with Crippen LogP contribution in [-0.2, 0) is 4.79 Å². The molecule has 1 aliphatic carbocycles. The molecule has 2 N–H and O–H groups in total. The van der Waals surface area contributed by atoms with Gasteiger partial charge in [-0.15, -0.1) is 0 Å². The van der Waals surface area contributed by atoms with E-state index in [9.17, 15) is 14.7 Å². The van der Waals surface area contributed by atoms with Gasteiger partial charge in [0.15, 0.2) is 0 Å². The van der Waals surface area contributed by atoms with Crippen molar-refractivity contribution < 1.29 is 14.7 Å². The van der Waals surface area contributed by atoms with Crippen LogP contribution in [0, 0.1) is 18.3 Å². The zero-order chi connectivity index (χ0) is 15.9. The van der Waals surface area contributed by atoms with E-state index in [2.05, 4.69) is 10.3 Å². The number of carboxylic acids is 1. The minimum Gasteiger partial charge on any atom is -0.481 e. The predicted octanol–water partition coefficient (Wildman–Crippen LogP) is 2.76. The number of pyridine rings is 1. The van der Waals surface area contributed by atoms with Crippen molar-refractivity contribution in [3.05, 3.63) is 23.0 Å². The fourth-order valence-corrected chi connectivity index (χ4v) is 3.77. The SMILES string of the molecule is Cc1c(Cl)cncc1NC(=O)N1C[C@@H]2CCC[C@@]2(C(=O)O)C1. The third-order valence-corrected chi connectivity index (χ3v) is 5.36. The topological polar surface area (TPSA) is 82.5 Å². The molecule has 0 unspecified atom stereocenters. The highest BCUT2D eigenvalue weighted by Crippen LogP contribution is 2.48. The Morgan fingerprint density at radius 3 is 2.95 bits per heavy atom. The lowest BCUT2D eigenvalue weighted by Crippen LogP contribution is -2.38. The van der Waals surface area contributed by atoms with E-state index in [0.29, 0.717) is 23.7 Å². The highest BCUT2D eigenvalue weighted by atomic mass is 35.5. The number of hydrogen-bond acceptors (Lipinski definition) is 3. The van der Waals surface area contributed by atoms with Gasteiger partial charge >= 0.3 is 12.0 Å². The Hall–Kier alpha value is -1.82. The summed E-state index contributed by atoms with van der Waals surface area (Å²) in [5, 5.41) is 12.8. The second-order valence-electron chi connectivity index (χ2n) is 6.16. The van der Waals surface area contributed by atoms with E-state index < -0.39 is 11.4 Å². The summed E-state index contributed by atoms with van der Waals surface area (Å²) < 4.78 is 0. The number of urea groups is 1. The molecule has 2 atom stereocenters. The van der Waals surface area contributed by atoms with Gasteiger partial charge in [0.2, 0.25) is 0 Å². The summed E-state index contributed by atoms with van der Waals surface area (Å²) in [6, 6.07) is -0.290. The van der Waals surface area contributed by atoms with E-state index in [0.717, 1.165) is 18.4 Å². The Morgan fingerprint density at radius 2 is 2.27 bits per heavy atom. The van der Waals surface area contributed by atoms with Crippen LogP contribution >= 0.6 is 11.6 Å². The molecule has 3 rings (SSSR count). The van der Waals surface area contributed by atoms with Gasteiger partial charge in [0, 0.05) is 19.3 Å². The van der Waals surface area contributed by atoms with Crippen molar-refractivity contribution in [2.24, 2.45) is 11.3 Å². The van der Waals surface area contributed by atoms with Crippen LogP contribution in [0.5, 0.6) is 0 Å². The molecule has 0 aromatic carbocycles. The zero-order valence-electron chi connectivity index (χ0n) is 12.3. The average Bonchev–Trinajstić information content (AvgIpc) is 3.01. The molecule has 1 aromatic heterocycles. The first kappa shape index (κ1) is 15.1. The Morgan fingerprint density at radius 1 is 1.50 bits per heavy atom. The first-order valence-corrected chi connectivity index (χ1v) is 7.71. The lowest BCUT2D eigenvalue weighted by Gasteiger charge is -2.23. The number of aromatic nitrogens is 1. The van der Waals surface area contributed by atoms with Crippen molar-refractivity contribution in [3.8, 4) is 0 Å². The molecule has 1 aliphatic heterocycles. The highest BCUT2D eigenvalue weighted by molar-refractivity contribution is 6.31. The lowest BCUT2D eigenvalue weighted by molar-refractivity contribution is -0.149. The molecular weight excluding hydrogens is 306 g/mol. The van der Waals surface area contributed by atoms with Gasteiger partial charge in [-0.1, -0.05) is 18.0 Å². The van der Waals surface area contributed by atoms with Crippen molar-refractivity contribution in [1.82, 2.24) is 9.88 Å². The van der Waals surface area contributed by atoms with Crippen LogP contribution in [0.3, 0.4) is 0 Å². The number of nitrogens with zero attached hydrogens (tertiary/aromatic N) is 2. The molecule has 118 valence electrons. The van der Waals surface area contributed by atoms with Crippen molar-refractivity contribution in [3.63, 3.8) is 0 Å². The number of halogens is 1. The number of rotatable bonds is 2. The van der Waals surface area contributed by atoms with E-state index in [1.165, 1.54) is 6.20 Å². The fraction of sp³-hybridized carbons (Fsp3) is 0.533. The number of hydrogen-bond donors (Lipinski definition) is 2. The van der Waals surface area contributed by atoms with Crippen LogP contribution < -0.4 is 5.32 Å². The first-order chi connectivity index (χ1) is 10.4. The molecule has 0 spiro atoms. The highest BCUT2D eigenvalue weighted by Gasteiger charge is 2.55. The van der Waals surface area contributed by atoms with Gasteiger partial charge in [-0.05, 0) is 31.2 Å².